The molecule has 0 amide bonds. The summed E-state index contributed by atoms with van der Waals surface area (Å²) in [6.45, 7) is 11.3. The first-order chi connectivity index (χ1) is 15.5. The Morgan fingerprint density at radius 3 is 2.12 bits per heavy atom. The number of hydrogen-bond acceptors (Lipinski definition) is 1. The van der Waals surface area contributed by atoms with E-state index in [-0.39, 0.29) is 6.10 Å². The lowest BCUT2D eigenvalue weighted by Gasteiger charge is -2.41. The topological polar surface area (TPSA) is 9.23 Å². The van der Waals surface area contributed by atoms with E-state index in [9.17, 15) is 0 Å². The molecule has 0 aromatic heterocycles. The highest BCUT2D eigenvalue weighted by atomic mass is 16.5. The molecule has 2 aliphatic rings. The minimum Gasteiger partial charge on any atom is -0.377 e. The van der Waals surface area contributed by atoms with Crippen molar-refractivity contribution in [2.24, 2.45) is 23.2 Å². The first-order valence-corrected chi connectivity index (χ1v) is 13.2. The minimum atomic E-state index is 0.215. The normalized spacial score (nSPS) is 26.8. The molecule has 0 radical (unpaired) electrons. The summed E-state index contributed by atoms with van der Waals surface area (Å²) in [4.78, 5) is 0. The highest BCUT2D eigenvalue weighted by molar-refractivity contribution is 5.26. The van der Waals surface area contributed by atoms with Gasteiger partial charge in [-0.15, -0.1) is 0 Å². The minimum absolute atomic E-state index is 0.215. The lowest BCUT2D eigenvalue weighted by molar-refractivity contribution is 0.0375. The predicted octanol–water partition coefficient (Wildman–Crippen LogP) is 8.99. The Morgan fingerprint density at radius 2 is 1.56 bits per heavy atom. The standard InChI is InChI=1S/C29H40O.C2H6/c1-5-22-11-13-23(14-12-22)21(2)20-29(3)26(17-18-27(29)24-15-16-24)19-28(30-4)25-9-7-6-8-10-25;1-2/h6-14,21,24,26-28H,5,15-20H2,1-4H3;1-2H3. The highest BCUT2D eigenvalue weighted by Crippen LogP contribution is 2.61. The van der Waals surface area contributed by atoms with E-state index in [1.165, 1.54) is 48.8 Å². The molecule has 32 heavy (non-hydrogen) atoms. The van der Waals surface area contributed by atoms with Crippen molar-refractivity contribution in [2.75, 3.05) is 7.11 Å². The Morgan fingerprint density at radius 1 is 0.906 bits per heavy atom. The molecular weight excluding hydrogens is 388 g/mol. The van der Waals surface area contributed by atoms with Crippen LogP contribution in [0.25, 0.3) is 0 Å². The molecule has 0 spiro atoms. The molecule has 176 valence electrons. The zero-order valence-electron chi connectivity index (χ0n) is 21.4. The summed E-state index contributed by atoms with van der Waals surface area (Å²) in [5, 5.41) is 0. The Balaban J connectivity index is 0.00000141. The van der Waals surface area contributed by atoms with Crippen molar-refractivity contribution in [3.63, 3.8) is 0 Å². The van der Waals surface area contributed by atoms with Crippen LogP contribution in [0.3, 0.4) is 0 Å². The second-order valence-electron chi connectivity index (χ2n) is 10.3. The molecule has 0 N–H and O–H groups in total. The average molecular weight is 435 g/mol. The fourth-order valence-electron chi connectivity index (χ4n) is 6.47. The molecule has 1 nitrogen and oxygen atoms in total. The fraction of sp³-hybridized carbons (Fsp3) is 0.613. The Kier molecular flexibility index (Phi) is 9.00. The van der Waals surface area contributed by atoms with Crippen LogP contribution in [0.15, 0.2) is 54.6 Å². The van der Waals surface area contributed by atoms with E-state index < -0.39 is 0 Å². The van der Waals surface area contributed by atoms with Crippen LogP contribution in [-0.4, -0.2) is 7.11 Å². The van der Waals surface area contributed by atoms with Gasteiger partial charge in [0.05, 0.1) is 6.10 Å². The molecule has 0 bridgehead atoms. The van der Waals surface area contributed by atoms with E-state index in [1.54, 1.807) is 0 Å². The van der Waals surface area contributed by atoms with Crippen LogP contribution in [0.4, 0.5) is 0 Å². The fourth-order valence-corrected chi connectivity index (χ4v) is 6.47. The molecule has 2 aromatic rings. The summed E-state index contributed by atoms with van der Waals surface area (Å²) in [6.07, 6.45) is 9.49. The number of aryl methyl sites for hydroxylation is 1. The van der Waals surface area contributed by atoms with E-state index in [2.05, 4.69) is 75.4 Å². The first-order valence-electron chi connectivity index (χ1n) is 13.2. The summed E-state index contributed by atoms with van der Waals surface area (Å²) >= 11 is 0. The second-order valence-corrected chi connectivity index (χ2v) is 10.3. The summed E-state index contributed by atoms with van der Waals surface area (Å²) in [6, 6.07) is 20.3. The zero-order chi connectivity index (χ0) is 23.1. The lowest BCUT2D eigenvalue weighted by atomic mass is 9.64. The molecule has 2 aromatic carbocycles. The molecule has 2 aliphatic carbocycles. The maximum Gasteiger partial charge on any atom is 0.0824 e. The second kappa shape index (κ2) is 11.5. The van der Waals surface area contributed by atoms with Gasteiger partial charge in [0.25, 0.3) is 0 Å². The van der Waals surface area contributed by atoms with Gasteiger partial charge in [0.1, 0.15) is 0 Å². The molecule has 2 saturated carbocycles. The van der Waals surface area contributed by atoms with Crippen molar-refractivity contribution in [3.8, 4) is 0 Å². The SMILES string of the molecule is CC.CCc1ccc(C(C)CC2(C)C(CC(OC)c3ccccc3)CCC2C2CC2)cc1. The number of ether oxygens (including phenoxy) is 1. The van der Waals surface area contributed by atoms with Crippen LogP contribution >= 0.6 is 0 Å². The van der Waals surface area contributed by atoms with Gasteiger partial charge in [-0.25, -0.2) is 0 Å². The Bertz CT molecular complexity index is 791. The summed E-state index contributed by atoms with van der Waals surface area (Å²) in [5.41, 5.74) is 4.70. The summed E-state index contributed by atoms with van der Waals surface area (Å²) in [5.74, 6) is 3.23. The molecular formula is C31H46O. The van der Waals surface area contributed by atoms with Crippen LogP contribution in [0, 0.1) is 23.2 Å². The molecule has 1 heteroatoms. The van der Waals surface area contributed by atoms with Gasteiger partial charge in [0, 0.05) is 7.11 Å². The number of hydrogen-bond donors (Lipinski definition) is 0. The van der Waals surface area contributed by atoms with E-state index in [0.717, 1.165) is 30.6 Å². The van der Waals surface area contributed by atoms with Gasteiger partial charge < -0.3 is 4.74 Å². The Labute approximate surface area is 198 Å². The quantitative estimate of drug-likeness (QED) is 0.382. The number of benzene rings is 2. The molecule has 0 aliphatic heterocycles. The van der Waals surface area contributed by atoms with Gasteiger partial charge in [0.2, 0.25) is 0 Å². The van der Waals surface area contributed by atoms with Crippen molar-refractivity contribution in [1.82, 2.24) is 0 Å². The van der Waals surface area contributed by atoms with Gasteiger partial charge in [-0.1, -0.05) is 89.2 Å². The van der Waals surface area contributed by atoms with Gasteiger partial charge in [0.15, 0.2) is 0 Å². The average Bonchev–Trinajstić information content (AvgIpc) is 3.63. The predicted molar refractivity (Wildman–Crippen MR) is 138 cm³/mol. The zero-order valence-corrected chi connectivity index (χ0v) is 21.4. The smallest absolute Gasteiger partial charge is 0.0824 e. The van der Waals surface area contributed by atoms with Crippen LogP contribution in [0.5, 0.6) is 0 Å². The highest BCUT2D eigenvalue weighted by Gasteiger charge is 2.52. The van der Waals surface area contributed by atoms with Gasteiger partial charge >= 0.3 is 0 Å². The number of rotatable bonds is 9. The van der Waals surface area contributed by atoms with Crippen molar-refractivity contribution in [1.29, 1.82) is 0 Å². The van der Waals surface area contributed by atoms with E-state index in [4.69, 9.17) is 4.74 Å². The molecule has 0 saturated heterocycles. The maximum atomic E-state index is 6.02. The maximum absolute atomic E-state index is 6.02. The summed E-state index contributed by atoms with van der Waals surface area (Å²) in [7, 11) is 1.89. The van der Waals surface area contributed by atoms with Crippen LogP contribution in [0.2, 0.25) is 0 Å². The summed E-state index contributed by atoms with van der Waals surface area (Å²) < 4.78 is 6.02. The third-order valence-electron chi connectivity index (χ3n) is 8.45. The van der Waals surface area contributed by atoms with Gasteiger partial charge in [-0.2, -0.15) is 0 Å². The molecule has 0 heterocycles. The third-order valence-corrected chi connectivity index (χ3v) is 8.45. The van der Waals surface area contributed by atoms with Crippen molar-refractivity contribution in [2.45, 2.75) is 91.6 Å². The Hall–Kier alpha value is -1.60. The van der Waals surface area contributed by atoms with E-state index in [1.807, 2.05) is 21.0 Å². The molecule has 4 rings (SSSR count). The van der Waals surface area contributed by atoms with E-state index in [0.29, 0.717) is 11.3 Å². The van der Waals surface area contributed by atoms with Gasteiger partial charge in [-0.3, -0.25) is 0 Å². The van der Waals surface area contributed by atoms with Crippen molar-refractivity contribution in [3.05, 3.63) is 71.3 Å². The van der Waals surface area contributed by atoms with Crippen LogP contribution in [-0.2, 0) is 11.2 Å². The van der Waals surface area contributed by atoms with Gasteiger partial charge in [-0.05, 0) is 90.7 Å². The van der Waals surface area contributed by atoms with Crippen molar-refractivity contribution < 1.29 is 4.74 Å². The largest absolute Gasteiger partial charge is 0.377 e. The molecule has 5 unspecified atom stereocenters. The van der Waals surface area contributed by atoms with Crippen LogP contribution < -0.4 is 0 Å². The van der Waals surface area contributed by atoms with Crippen molar-refractivity contribution >= 4 is 0 Å². The number of methoxy groups -OCH3 is 1. The van der Waals surface area contributed by atoms with E-state index >= 15 is 0 Å². The molecule has 5 atom stereocenters. The molecule has 2 fully saturated rings. The first kappa shape index (κ1) is 25.0. The monoisotopic (exact) mass is 434 g/mol. The third kappa shape index (κ3) is 5.66. The lowest BCUT2D eigenvalue weighted by Crippen LogP contribution is -2.33. The van der Waals surface area contributed by atoms with Crippen LogP contribution in [0.1, 0.15) is 102 Å².